The Morgan fingerprint density at radius 3 is 2.47 bits per heavy atom. The number of halogens is 2. The van der Waals surface area contributed by atoms with Gasteiger partial charge in [-0.05, 0) is 31.5 Å². The third-order valence-electron chi connectivity index (χ3n) is 5.45. The van der Waals surface area contributed by atoms with Gasteiger partial charge in [0.2, 0.25) is 0 Å². The summed E-state index contributed by atoms with van der Waals surface area (Å²) in [5.74, 6) is -4.88. The number of carbonyl (C=O) groups excluding carboxylic acids is 3. The molecule has 34 heavy (non-hydrogen) atoms. The third-order valence-corrected chi connectivity index (χ3v) is 6.59. The molecular formula is C24H18F2N2O5S. The average molecular weight is 484 g/mol. The lowest BCUT2D eigenvalue weighted by Gasteiger charge is -2.23. The number of aliphatic hydroxyl groups excluding tert-OH is 1. The summed E-state index contributed by atoms with van der Waals surface area (Å²) >= 11 is 0.794. The smallest absolute Gasteiger partial charge is 0.350 e. The summed E-state index contributed by atoms with van der Waals surface area (Å²) in [7, 11) is 1.19. The van der Waals surface area contributed by atoms with Gasteiger partial charge in [0, 0.05) is 11.1 Å². The lowest BCUT2D eigenvalue weighted by atomic mass is 9.94. The Hall–Kier alpha value is -3.92. The predicted molar refractivity (Wildman–Crippen MR) is 121 cm³/mol. The number of nitrogens with zero attached hydrogens (tertiary/aromatic N) is 2. The highest BCUT2D eigenvalue weighted by Crippen LogP contribution is 2.44. The molecule has 0 unspecified atom stereocenters. The van der Waals surface area contributed by atoms with Gasteiger partial charge in [-0.2, -0.15) is 0 Å². The van der Waals surface area contributed by atoms with E-state index in [0.717, 1.165) is 28.4 Å². The highest BCUT2D eigenvalue weighted by Gasteiger charge is 2.49. The number of anilines is 1. The van der Waals surface area contributed by atoms with E-state index in [-0.39, 0.29) is 26.8 Å². The van der Waals surface area contributed by atoms with Crippen LogP contribution in [0.5, 0.6) is 0 Å². The molecule has 1 N–H and O–H groups in total. The van der Waals surface area contributed by atoms with Gasteiger partial charge in [0.1, 0.15) is 28.3 Å². The minimum atomic E-state index is -1.40. The van der Waals surface area contributed by atoms with E-state index in [4.69, 9.17) is 4.74 Å². The van der Waals surface area contributed by atoms with Crippen LogP contribution in [0.3, 0.4) is 0 Å². The van der Waals surface area contributed by atoms with Gasteiger partial charge in [-0.1, -0.05) is 41.7 Å². The van der Waals surface area contributed by atoms with Crippen molar-refractivity contribution in [2.45, 2.75) is 19.9 Å². The number of rotatable bonds is 4. The van der Waals surface area contributed by atoms with Gasteiger partial charge in [-0.15, -0.1) is 0 Å². The van der Waals surface area contributed by atoms with Gasteiger partial charge >= 0.3 is 11.9 Å². The number of thiazole rings is 1. The van der Waals surface area contributed by atoms with E-state index in [9.17, 15) is 28.3 Å². The number of aromatic nitrogens is 1. The molecule has 0 saturated carbocycles. The lowest BCUT2D eigenvalue weighted by Crippen LogP contribution is -2.29. The van der Waals surface area contributed by atoms with Crippen molar-refractivity contribution < 1.29 is 33.0 Å². The predicted octanol–water partition coefficient (Wildman–Crippen LogP) is 4.45. The van der Waals surface area contributed by atoms with Crippen LogP contribution < -0.4 is 4.90 Å². The molecule has 1 saturated heterocycles. The maximum absolute atomic E-state index is 14.9. The first-order valence-electron chi connectivity index (χ1n) is 10.0. The standard InChI is InChI=1S/C24H18F2N2O5S/c1-11-8-9-13(10-16(11)26)19(29)17-18(14-6-4-5-7-15(14)25)28(22(31)20(17)30)24-27-12(2)21(34-24)23(32)33-3/h4-10,18,29H,1-3H3/t18-/m1/s1. The Bertz CT molecular complexity index is 1380. The normalized spacial score (nSPS) is 17.3. The summed E-state index contributed by atoms with van der Waals surface area (Å²) in [5.41, 5.74) is 0.0139. The van der Waals surface area contributed by atoms with Crippen LogP contribution in [0.2, 0.25) is 0 Å². The van der Waals surface area contributed by atoms with Crippen LogP contribution >= 0.6 is 11.3 Å². The number of amides is 1. The highest BCUT2D eigenvalue weighted by molar-refractivity contribution is 7.17. The van der Waals surface area contributed by atoms with Crippen LogP contribution in [0.15, 0.2) is 48.0 Å². The molecule has 174 valence electrons. The zero-order valence-electron chi connectivity index (χ0n) is 18.3. The number of carbonyl (C=O) groups is 3. The van der Waals surface area contributed by atoms with E-state index in [0.29, 0.717) is 5.56 Å². The summed E-state index contributed by atoms with van der Waals surface area (Å²) in [4.78, 5) is 43.5. The number of benzene rings is 2. The largest absolute Gasteiger partial charge is 0.507 e. The van der Waals surface area contributed by atoms with Crippen LogP contribution in [-0.4, -0.2) is 34.9 Å². The van der Waals surface area contributed by atoms with E-state index < -0.39 is 46.7 Å². The van der Waals surface area contributed by atoms with Gasteiger partial charge in [0.15, 0.2) is 5.13 Å². The molecule has 10 heteroatoms. The fraction of sp³-hybridized carbons (Fsp3) is 0.167. The number of aryl methyl sites for hydroxylation is 2. The molecule has 0 aliphatic carbocycles. The number of esters is 1. The molecule has 1 aliphatic heterocycles. The second-order valence-corrected chi connectivity index (χ2v) is 8.53. The molecule has 0 bridgehead atoms. The Kier molecular flexibility index (Phi) is 6.01. The second kappa shape index (κ2) is 8.79. The maximum Gasteiger partial charge on any atom is 0.350 e. The molecule has 7 nitrogen and oxygen atoms in total. The Morgan fingerprint density at radius 1 is 1.12 bits per heavy atom. The molecule has 0 spiro atoms. The molecule has 2 aromatic carbocycles. The summed E-state index contributed by atoms with van der Waals surface area (Å²) in [5, 5.41) is 10.9. The minimum Gasteiger partial charge on any atom is -0.507 e. The van der Waals surface area contributed by atoms with Crippen molar-refractivity contribution >= 4 is 39.9 Å². The quantitative estimate of drug-likeness (QED) is 0.254. The van der Waals surface area contributed by atoms with E-state index in [1.54, 1.807) is 0 Å². The average Bonchev–Trinajstić information content (AvgIpc) is 3.32. The summed E-state index contributed by atoms with van der Waals surface area (Å²) < 4.78 is 33.8. The van der Waals surface area contributed by atoms with Crippen molar-refractivity contribution in [2.24, 2.45) is 0 Å². The van der Waals surface area contributed by atoms with Gasteiger partial charge in [-0.3, -0.25) is 14.5 Å². The van der Waals surface area contributed by atoms with Gasteiger partial charge in [0.25, 0.3) is 5.78 Å². The Labute approximate surface area is 196 Å². The molecule has 1 aliphatic rings. The molecule has 3 aromatic rings. The van der Waals surface area contributed by atoms with E-state index >= 15 is 0 Å². The first-order valence-corrected chi connectivity index (χ1v) is 10.8. The SMILES string of the molecule is COC(=O)c1sc(N2C(=O)C(=O)C(=C(O)c3ccc(C)c(F)c3)[C@H]2c2ccccc2F)nc1C. The second-order valence-electron chi connectivity index (χ2n) is 7.56. The van der Waals surface area contributed by atoms with Crippen molar-refractivity contribution in [3.8, 4) is 0 Å². The van der Waals surface area contributed by atoms with Crippen LogP contribution in [-0.2, 0) is 14.3 Å². The molecule has 4 rings (SSSR count). The molecule has 1 amide bonds. The van der Waals surface area contributed by atoms with Gasteiger partial charge in [0.05, 0.1) is 18.4 Å². The first kappa shape index (κ1) is 23.2. The van der Waals surface area contributed by atoms with E-state index in [2.05, 4.69) is 4.98 Å². The lowest BCUT2D eigenvalue weighted by molar-refractivity contribution is -0.132. The maximum atomic E-state index is 14.9. The van der Waals surface area contributed by atoms with Gasteiger partial charge < -0.3 is 9.84 Å². The molecular weight excluding hydrogens is 466 g/mol. The van der Waals surface area contributed by atoms with Crippen LogP contribution in [0.25, 0.3) is 5.76 Å². The van der Waals surface area contributed by atoms with Crippen molar-refractivity contribution in [2.75, 3.05) is 12.0 Å². The van der Waals surface area contributed by atoms with Gasteiger partial charge in [-0.25, -0.2) is 18.6 Å². The number of hydrogen-bond donors (Lipinski definition) is 1. The fourth-order valence-corrected chi connectivity index (χ4v) is 4.70. The van der Waals surface area contributed by atoms with E-state index in [1.165, 1.54) is 51.3 Å². The number of hydrogen-bond acceptors (Lipinski definition) is 7. The number of ether oxygens (including phenoxy) is 1. The topological polar surface area (TPSA) is 96.8 Å². The van der Waals surface area contributed by atoms with Crippen LogP contribution in [0.1, 0.15) is 38.1 Å². The zero-order valence-corrected chi connectivity index (χ0v) is 19.1. The third kappa shape index (κ3) is 3.75. The zero-order chi connectivity index (χ0) is 24.7. The number of aliphatic hydroxyl groups is 1. The highest BCUT2D eigenvalue weighted by atomic mass is 32.1. The Morgan fingerprint density at radius 2 is 1.82 bits per heavy atom. The minimum absolute atomic E-state index is 0.0481. The molecule has 2 heterocycles. The van der Waals surface area contributed by atoms with Crippen LogP contribution in [0, 0.1) is 25.5 Å². The fourth-order valence-electron chi connectivity index (χ4n) is 3.68. The van der Waals surface area contributed by atoms with Crippen molar-refractivity contribution in [3.05, 3.63) is 86.9 Å². The molecule has 1 atom stereocenters. The number of ketones is 1. The summed E-state index contributed by atoms with van der Waals surface area (Å²) in [6.07, 6.45) is 0. The summed E-state index contributed by atoms with van der Waals surface area (Å²) in [6, 6.07) is 7.88. The van der Waals surface area contributed by atoms with Crippen molar-refractivity contribution in [3.63, 3.8) is 0 Å². The molecule has 1 aromatic heterocycles. The molecule has 1 fully saturated rings. The monoisotopic (exact) mass is 484 g/mol. The molecule has 0 radical (unpaired) electrons. The van der Waals surface area contributed by atoms with Crippen molar-refractivity contribution in [1.82, 2.24) is 4.98 Å². The van der Waals surface area contributed by atoms with Crippen molar-refractivity contribution in [1.29, 1.82) is 0 Å². The summed E-state index contributed by atoms with van der Waals surface area (Å²) in [6.45, 7) is 3.05. The Balaban J connectivity index is 1.97. The first-order chi connectivity index (χ1) is 16.1. The van der Waals surface area contributed by atoms with Crippen LogP contribution in [0.4, 0.5) is 13.9 Å². The van der Waals surface area contributed by atoms with E-state index in [1.807, 2.05) is 0 Å². The number of Topliss-reactive ketones (excluding diaryl/α,β-unsaturated/α-hetero) is 1. The number of methoxy groups -OCH3 is 1.